The number of carbonyl (C=O) groups excluding carboxylic acids is 1. The second kappa shape index (κ2) is 4.97. The number of rotatable bonds is 1. The molecule has 0 spiro atoms. The van der Waals surface area contributed by atoms with Crippen LogP contribution in [0.3, 0.4) is 0 Å². The van der Waals surface area contributed by atoms with Crippen molar-refractivity contribution < 1.29 is 4.79 Å². The minimum absolute atomic E-state index is 0.0955. The van der Waals surface area contributed by atoms with Crippen molar-refractivity contribution in [2.24, 2.45) is 0 Å². The summed E-state index contributed by atoms with van der Waals surface area (Å²) in [5, 5.41) is 3.58. The Balaban J connectivity index is 1.76. The van der Waals surface area contributed by atoms with Crippen LogP contribution < -0.4 is 5.32 Å². The summed E-state index contributed by atoms with van der Waals surface area (Å²) in [6, 6.07) is 2.92. The van der Waals surface area contributed by atoms with Crippen molar-refractivity contribution in [2.75, 3.05) is 13.1 Å². The van der Waals surface area contributed by atoms with Gasteiger partial charge in [0, 0.05) is 42.0 Å². The first-order chi connectivity index (χ1) is 8.72. The minimum atomic E-state index is 0.0955. The summed E-state index contributed by atoms with van der Waals surface area (Å²) >= 11 is 3.36. The molecule has 1 N–H and O–H groups in total. The average molecular weight is 310 g/mol. The predicted molar refractivity (Wildman–Crippen MR) is 72.4 cm³/mol. The molecular weight excluding hydrogens is 294 g/mol. The highest BCUT2D eigenvalue weighted by atomic mass is 79.9. The lowest BCUT2D eigenvalue weighted by molar-refractivity contribution is 0.0747. The minimum Gasteiger partial charge on any atom is -0.337 e. The fourth-order valence-electron chi connectivity index (χ4n) is 2.84. The first-order valence-electron chi connectivity index (χ1n) is 6.38. The van der Waals surface area contributed by atoms with E-state index >= 15 is 0 Å². The Kier molecular flexibility index (Phi) is 3.35. The zero-order valence-corrected chi connectivity index (χ0v) is 11.7. The van der Waals surface area contributed by atoms with Crippen molar-refractivity contribution in [3.8, 4) is 0 Å². The third-order valence-electron chi connectivity index (χ3n) is 3.76. The predicted octanol–water partition coefficient (Wildman–Crippen LogP) is 1.81. The molecule has 2 unspecified atom stereocenters. The maximum atomic E-state index is 12.4. The van der Waals surface area contributed by atoms with Crippen LogP contribution in [-0.4, -0.2) is 41.0 Å². The van der Waals surface area contributed by atoms with Crippen molar-refractivity contribution >= 4 is 21.8 Å². The first kappa shape index (κ1) is 12.1. The van der Waals surface area contributed by atoms with Gasteiger partial charge in [-0.05, 0) is 41.3 Å². The fourth-order valence-corrected chi connectivity index (χ4v) is 3.20. The zero-order chi connectivity index (χ0) is 12.5. The second-order valence-electron chi connectivity index (χ2n) is 5.07. The standard InChI is InChI=1S/C13H16BrN3O/c14-10-5-9(6-15-7-10)13(18)17-4-3-11-1-2-12(8-17)16-11/h5-7,11-12,16H,1-4,8H2. The molecule has 2 aliphatic rings. The number of aromatic nitrogens is 1. The van der Waals surface area contributed by atoms with E-state index in [4.69, 9.17) is 0 Å². The van der Waals surface area contributed by atoms with Gasteiger partial charge in [0.15, 0.2) is 0 Å². The molecule has 3 rings (SSSR count). The van der Waals surface area contributed by atoms with Crippen LogP contribution in [0.25, 0.3) is 0 Å². The normalized spacial score (nSPS) is 27.1. The van der Waals surface area contributed by atoms with Crippen molar-refractivity contribution in [1.82, 2.24) is 15.2 Å². The highest BCUT2D eigenvalue weighted by Gasteiger charge is 2.31. The number of halogens is 1. The van der Waals surface area contributed by atoms with E-state index in [9.17, 15) is 4.79 Å². The lowest BCUT2D eigenvalue weighted by Crippen LogP contribution is -2.39. The molecule has 0 radical (unpaired) electrons. The van der Waals surface area contributed by atoms with Crippen LogP contribution in [-0.2, 0) is 0 Å². The van der Waals surface area contributed by atoms with Gasteiger partial charge in [0.25, 0.3) is 5.91 Å². The van der Waals surface area contributed by atoms with Crippen LogP contribution in [0.1, 0.15) is 29.6 Å². The molecule has 4 nitrogen and oxygen atoms in total. The maximum absolute atomic E-state index is 12.4. The molecule has 3 heterocycles. The first-order valence-corrected chi connectivity index (χ1v) is 7.17. The largest absolute Gasteiger partial charge is 0.337 e. The van der Waals surface area contributed by atoms with E-state index in [2.05, 4.69) is 26.2 Å². The van der Waals surface area contributed by atoms with Gasteiger partial charge in [-0.25, -0.2) is 0 Å². The molecule has 1 aromatic rings. The summed E-state index contributed by atoms with van der Waals surface area (Å²) in [4.78, 5) is 18.4. The molecule has 0 aliphatic carbocycles. The zero-order valence-electron chi connectivity index (χ0n) is 10.1. The molecule has 96 valence electrons. The van der Waals surface area contributed by atoms with Gasteiger partial charge in [0.1, 0.15) is 0 Å². The second-order valence-corrected chi connectivity index (χ2v) is 5.99. The summed E-state index contributed by atoms with van der Waals surface area (Å²) < 4.78 is 0.850. The molecule has 1 amide bonds. The third kappa shape index (κ3) is 2.42. The highest BCUT2D eigenvalue weighted by Crippen LogP contribution is 2.22. The van der Waals surface area contributed by atoms with Gasteiger partial charge < -0.3 is 10.2 Å². The summed E-state index contributed by atoms with van der Waals surface area (Å²) in [7, 11) is 0. The Hall–Kier alpha value is -0.940. The molecule has 2 atom stereocenters. The Labute approximate surface area is 115 Å². The van der Waals surface area contributed by atoms with Crippen molar-refractivity contribution in [1.29, 1.82) is 0 Å². The van der Waals surface area contributed by atoms with Gasteiger partial charge in [-0.15, -0.1) is 0 Å². The molecule has 5 heteroatoms. The number of fused-ring (bicyclic) bond motifs is 2. The number of pyridine rings is 1. The summed E-state index contributed by atoms with van der Waals surface area (Å²) in [5.41, 5.74) is 0.669. The van der Waals surface area contributed by atoms with Crippen molar-refractivity contribution in [3.05, 3.63) is 28.5 Å². The van der Waals surface area contributed by atoms with E-state index in [1.807, 2.05) is 11.0 Å². The number of amides is 1. The van der Waals surface area contributed by atoms with Crippen LogP contribution in [0, 0.1) is 0 Å². The van der Waals surface area contributed by atoms with Crippen molar-refractivity contribution in [3.63, 3.8) is 0 Å². The van der Waals surface area contributed by atoms with Crippen LogP contribution >= 0.6 is 15.9 Å². The van der Waals surface area contributed by atoms with E-state index in [-0.39, 0.29) is 5.91 Å². The number of likely N-dealkylation sites (tertiary alicyclic amines) is 1. The maximum Gasteiger partial charge on any atom is 0.255 e. The summed E-state index contributed by atoms with van der Waals surface area (Å²) in [6.45, 7) is 1.67. The lowest BCUT2D eigenvalue weighted by atomic mass is 10.1. The van der Waals surface area contributed by atoms with Crippen LogP contribution in [0.2, 0.25) is 0 Å². The highest BCUT2D eigenvalue weighted by molar-refractivity contribution is 9.10. The molecule has 1 aromatic heterocycles. The number of nitrogens with one attached hydrogen (secondary N) is 1. The molecule has 2 bridgehead atoms. The van der Waals surface area contributed by atoms with Gasteiger partial charge in [-0.3, -0.25) is 9.78 Å². The lowest BCUT2D eigenvalue weighted by Gasteiger charge is -2.24. The molecule has 18 heavy (non-hydrogen) atoms. The number of hydrogen-bond donors (Lipinski definition) is 1. The summed E-state index contributed by atoms with van der Waals surface area (Å²) in [5.74, 6) is 0.0955. The number of carbonyl (C=O) groups is 1. The monoisotopic (exact) mass is 309 g/mol. The number of hydrogen-bond acceptors (Lipinski definition) is 3. The average Bonchev–Trinajstić information content (AvgIpc) is 2.68. The van der Waals surface area contributed by atoms with Gasteiger partial charge in [-0.2, -0.15) is 0 Å². The van der Waals surface area contributed by atoms with E-state index in [0.717, 1.165) is 24.0 Å². The topological polar surface area (TPSA) is 45.2 Å². The summed E-state index contributed by atoms with van der Waals surface area (Å²) in [6.07, 6.45) is 6.84. The number of nitrogens with zero attached hydrogens (tertiary/aromatic N) is 2. The molecule has 2 saturated heterocycles. The smallest absolute Gasteiger partial charge is 0.255 e. The van der Waals surface area contributed by atoms with Crippen LogP contribution in [0.4, 0.5) is 0 Å². The SMILES string of the molecule is O=C(c1cncc(Br)c1)N1CCC2CCC(C1)N2. The molecular formula is C13H16BrN3O. The Bertz CT molecular complexity index is 465. The fraction of sp³-hybridized carbons (Fsp3) is 0.538. The molecule has 2 fully saturated rings. The van der Waals surface area contributed by atoms with Crippen LogP contribution in [0.15, 0.2) is 22.9 Å². The van der Waals surface area contributed by atoms with E-state index in [1.165, 1.54) is 12.8 Å². The molecule has 0 saturated carbocycles. The van der Waals surface area contributed by atoms with Gasteiger partial charge in [-0.1, -0.05) is 0 Å². The molecule has 2 aliphatic heterocycles. The van der Waals surface area contributed by atoms with E-state index < -0.39 is 0 Å². The Morgan fingerprint density at radius 3 is 3.00 bits per heavy atom. The van der Waals surface area contributed by atoms with Gasteiger partial charge >= 0.3 is 0 Å². The van der Waals surface area contributed by atoms with Crippen molar-refractivity contribution in [2.45, 2.75) is 31.3 Å². The van der Waals surface area contributed by atoms with Gasteiger partial charge in [0.2, 0.25) is 0 Å². The Morgan fingerprint density at radius 1 is 1.33 bits per heavy atom. The third-order valence-corrected chi connectivity index (χ3v) is 4.20. The quantitative estimate of drug-likeness (QED) is 0.860. The van der Waals surface area contributed by atoms with Crippen LogP contribution in [0.5, 0.6) is 0 Å². The van der Waals surface area contributed by atoms with Gasteiger partial charge in [0.05, 0.1) is 5.56 Å². The van der Waals surface area contributed by atoms with E-state index in [0.29, 0.717) is 17.6 Å². The van der Waals surface area contributed by atoms with E-state index in [1.54, 1.807) is 12.4 Å². The molecule has 0 aromatic carbocycles. The Morgan fingerprint density at radius 2 is 2.17 bits per heavy atom.